The van der Waals surface area contributed by atoms with Gasteiger partial charge in [0.05, 0.1) is 11.4 Å². The van der Waals surface area contributed by atoms with Gasteiger partial charge in [-0.05, 0) is 37.8 Å². The number of rotatable bonds is 1. The number of aryl methyl sites for hydroxylation is 1. The van der Waals surface area contributed by atoms with E-state index in [0.29, 0.717) is 5.95 Å². The SMILES string of the molecule is Cc1c(N2CCCC(C)C2)ccc2nc(N)nn12. The van der Waals surface area contributed by atoms with Crippen molar-refractivity contribution in [1.29, 1.82) is 0 Å². The smallest absolute Gasteiger partial charge is 0.240 e. The molecule has 0 spiro atoms. The van der Waals surface area contributed by atoms with Crippen molar-refractivity contribution in [3.05, 3.63) is 17.8 Å². The Kier molecular flexibility index (Phi) is 2.61. The van der Waals surface area contributed by atoms with Gasteiger partial charge in [0.25, 0.3) is 0 Å². The van der Waals surface area contributed by atoms with E-state index in [1.165, 1.54) is 18.5 Å². The maximum absolute atomic E-state index is 5.65. The Morgan fingerprint density at radius 1 is 1.39 bits per heavy atom. The molecule has 1 atom stereocenters. The zero-order valence-electron chi connectivity index (χ0n) is 10.9. The standard InChI is InChI=1S/C13H19N5/c1-9-4-3-7-17(8-9)11-5-6-12-15-13(14)16-18(12)10(11)2/h5-6,9H,3-4,7-8H2,1-2H3,(H2,14,16). The molecule has 18 heavy (non-hydrogen) atoms. The van der Waals surface area contributed by atoms with Gasteiger partial charge in [-0.25, -0.2) is 4.52 Å². The van der Waals surface area contributed by atoms with E-state index < -0.39 is 0 Å². The lowest BCUT2D eigenvalue weighted by molar-refractivity contribution is 0.446. The predicted molar refractivity (Wildman–Crippen MR) is 72.7 cm³/mol. The summed E-state index contributed by atoms with van der Waals surface area (Å²) in [5.41, 5.74) is 8.84. The summed E-state index contributed by atoms with van der Waals surface area (Å²) in [7, 11) is 0. The van der Waals surface area contributed by atoms with E-state index in [1.807, 2.05) is 10.6 Å². The molecule has 1 aliphatic heterocycles. The average Bonchev–Trinajstić information content (AvgIpc) is 2.71. The molecule has 1 aliphatic rings. The Morgan fingerprint density at radius 2 is 2.22 bits per heavy atom. The Bertz CT molecular complexity index is 574. The Hall–Kier alpha value is -1.78. The summed E-state index contributed by atoms with van der Waals surface area (Å²) >= 11 is 0. The van der Waals surface area contributed by atoms with Crippen molar-refractivity contribution in [2.45, 2.75) is 26.7 Å². The van der Waals surface area contributed by atoms with E-state index in [-0.39, 0.29) is 0 Å². The Labute approximate surface area is 107 Å². The summed E-state index contributed by atoms with van der Waals surface area (Å²) in [5.74, 6) is 1.09. The highest BCUT2D eigenvalue weighted by molar-refractivity contribution is 5.57. The number of aromatic nitrogens is 3. The third-order valence-electron chi connectivity index (χ3n) is 3.72. The topological polar surface area (TPSA) is 59.5 Å². The lowest BCUT2D eigenvalue weighted by atomic mass is 9.99. The van der Waals surface area contributed by atoms with Gasteiger partial charge >= 0.3 is 0 Å². The van der Waals surface area contributed by atoms with E-state index in [9.17, 15) is 0 Å². The second kappa shape index (κ2) is 4.15. The van der Waals surface area contributed by atoms with E-state index in [4.69, 9.17) is 5.73 Å². The fourth-order valence-corrected chi connectivity index (χ4v) is 2.82. The molecule has 3 rings (SSSR count). The van der Waals surface area contributed by atoms with E-state index in [0.717, 1.165) is 30.3 Å². The first-order valence-electron chi connectivity index (χ1n) is 6.52. The van der Waals surface area contributed by atoms with Gasteiger partial charge in [0.2, 0.25) is 5.95 Å². The Balaban J connectivity index is 2.03. The molecule has 2 aromatic rings. The molecular formula is C13H19N5. The summed E-state index contributed by atoms with van der Waals surface area (Å²) in [6.45, 7) is 6.64. The molecule has 0 saturated carbocycles. The van der Waals surface area contributed by atoms with Crippen molar-refractivity contribution in [3.63, 3.8) is 0 Å². The van der Waals surface area contributed by atoms with Crippen LogP contribution in [-0.4, -0.2) is 27.7 Å². The number of piperidine rings is 1. The highest BCUT2D eigenvalue weighted by Crippen LogP contribution is 2.26. The van der Waals surface area contributed by atoms with Crippen LogP contribution in [0, 0.1) is 12.8 Å². The first-order valence-corrected chi connectivity index (χ1v) is 6.52. The summed E-state index contributed by atoms with van der Waals surface area (Å²) in [6, 6.07) is 4.13. The number of hydrogen-bond donors (Lipinski definition) is 1. The predicted octanol–water partition coefficient (Wildman–Crippen LogP) is 1.86. The van der Waals surface area contributed by atoms with Gasteiger partial charge in [-0.3, -0.25) is 0 Å². The lowest BCUT2D eigenvalue weighted by Gasteiger charge is -2.33. The molecule has 1 fully saturated rings. The molecule has 1 unspecified atom stereocenters. The monoisotopic (exact) mass is 245 g/mol. The average molecular weight is 245 g/mol. The fourth-order valence-electron chi connectivity index (χ4n) is 2.82. The van der Waals surface area contributed by atoms with Crippen LogP contribution in [-0.2, 0) is 0 Å². The minimum absolute atomic E-state index is 0.335. The van der Waals surface area contributed by atoms with Gasteiger partial charge < -0.3 is 10.6 Å². The summed E-state index contributed by atoms with van der Waals surface area (Å²) in [6.07, 6.45) is 2.59. The van der Waals surface area contributed by atoms with E-state index in [1.54, 1.807) is 0 Å². The van der Waals surface area contributed by atoms with Crippen LogP contribution in [0.15, 0.2) is 12.1 Å². The molecule has 0 bridgehead atoms. The number of pyridine rings is 1. The van der Waals surface area contributed by atoms with Crippen molar-refractivity contribution < 1.29 is 0 Å². The quantitative estimate of drug-likeness (QED) is 0.833. The molecule has 0 radical (unpaired) electrons. The number of nitrogens with two attached hydrogens (primary N) is 1. The maximum atomic E-state index is 5.65. The minimum atomic E-state index is 0.335. The van der Waals surface area contributed by atoms with Crippen LogP contribution in [0.25, 0.3) is 5.65 Å². The highest BCUT2D eigenvalue weighted by Gasteiger charge is 2.19. The Morgan fingerprint density at radius 3 is 3.00 bits per heavy atom. The van der Waals surface area contributed by atoms with Gasteiger partial charge in [0, 0.05) is 13.1 Å². The fraction of sp³-hybridized carbons (Fsp3) is 0.538. The number of nitrogens with zero attached hydrogens (tertiary/aromatic N) is 4. The molecule has 2 aromatic heterocycles. The van der Waals surface area contributed by atoms with Crippen LogP contribution in [0.4, 0.5) is 11.6 Å². The third kappa shape index (κ3) is 1.79. The largest absolute Gasteiger partial charge is 0.370 e. The molecule has 0 amide bonds. The van der Waals surface area contributed by atoms with Gasteiger partial charge in [0.15, 0.2) is 5.65 Å². The van der Waals surface area contributed by atoms with Crippen LogP contribution in [0.3, 0.4) is 0 Å². The van der Waals surface area contributed by atoms with Gasteiger partial charge in [-0.1, -0.05) is 6.92 Å². The molecule has 2 N–H and O–H groups in total. The van der Waals surface area contributed by atoms with Crippen molar-refractivity contribution in [3.8, 4) is 0 Å². The zero-order chi connectivity index (χ0) is 12.7. The van der Waals surface area contributed by atoms with Crippen LogP contribution >= 0.6 is 0 Å². The van der Waals surface area contributed by atoms with Crippen molar-refractivity contribution >= 4 is 17.3 Å². The molecule has 1 saturated heterocycles. The first-order chi connectivity index (χ1) is 8.65. The maximum Gasteiger partial charge on any atom is 0.240 e. The molecule has 3 heterocycles. The zero-order valence-corrected chi connectivity index (χ0v) is 10.9. The second-order valence-corrected chi connectivity index (χ2v) is 5.24. The lowest BCUT2D eigenvalue weighted by Crippen LogP contribution is -2.35. The van der Waals surface area contributed by atoms with Gasteiger partial charge in [-0.15, -0.1) is 5.10 Å². The number of hydrogen-bond acceptors (Lipinski definition) is 4. The number of anilines is 2. The molecule has 5 heteroatoms. The molecular weight excluding hydrogens is 226 g/mol. The van der Waals surface area contributed by atoms with Crippen LogP contribution < -0.4 is 10.6 Å². The summed E-state index contributed by atoms with van der Waals surface area (Å²) in [4.78, 5) is 6.63. The highest BCUT2D eigenvalue weighted by atomic mass is 15.3. The third-order valence-corrected chi connectivity index (χ3v) is 3.72. The van der Waals surface area contributed by atoms with Crippen molar-refractivity contribution in [2.24, 2.45) is 5.92 Å². The van der Waals surface area contributed by atoms with Crippen LogP contribution in [0.2, 0.25) is 0 Å². The minimum Gasteiger partial charge on any atom is -0.370 e. The second-order valence-electron chi connectivity index (χ2n) is 5.24. The van der Waals surface area contributed by atoms with Crippen molar-refractivity contribution in [2.75, 3.05) is 23.7 Å². The first kappa shape index (κ1) is 11.3. The van der Waals surface area contributed by atoms with E-state index in [2.05, 4.69) is 34.9 Å². The molecule has 0 aromatic carbocycles. The normalized spacial score (nSPS) is 20.6. The van der Waals surface area contributed by atoms with Gasteiger partial charge in [-0.2, -0.15) is 4.98 Å². The van der Waals surface area contributed by atoms with Gasteiger partial charge in [0.1, 0.15) is 0 Å². The number of nitrogen functional groups attached to an aromatic ring is 1. The molecule has 0 aliphatic carbocycles. The molecule has 5 nitrogen and oxygen atoms in total. The summed E-state index contributed by atoms with van der Waals surface area (Å²) < 4.78 is 1.84. The number of fused-ring (bicyclic) bond motifs is 1. The molecule has 96 valence electrons. The van der Waals surface area contributed by atoms with Crippen LogP contribution in [0.1, 0.15) is 25.5 Å². The van der Waals surface area contributed by atoms with Crippen molar-refractivity contribution in [1.82, 2.24) is 14.6 Å². The van der Waals surface area contributed by atoms with E-state index >= 15 is 0 Å². The van der Waals surface area contributed by atoms with Crippen LogP contribution in [0.5, 0.6) is 0 Å². The summed E-state index contributed by atoms with van der Waals surface area (Å²) in [5, 5.41) is 4.24.